The summed E-state index contributed by atoms with van der Waals surface area (Å²) in [5.74, 6) is 0.865. The summed E-state index contributed by atoms with van der Waals surface area (Å²) in [6.07, 6.45) is 0. The number of benzene rings is 1. The lowest BCUT2D eigenvalue weighted by Crippen LogP contribution is -2.17. The van der Waals surface area contributed by atoms with Crippen LogP contribution >= 0.6 is 15.9 Å². The minimum absolute atomic E-state index is 0.0448. The predicted octanol–water partition coefficient (Wildman–Crippen LogP) is 2.38. The fraction of sp³-hybridized carbons (Fsp3) is 0.188. The van der Waals surface area contributed by atoms with Crippen LogP contribution in [0.25, 0.3) is 0 Å². The van der Waals surface area contributed by atoms with Crippen molar-refractivity contribution in [3.05, 3.63) is 52.1 Å². The average molecular weight is 394 g/mol. The van der Waals surface area contributed by atoms with E-state index < -0.39 is 0 Å². The average Bonchev–Trinajstić information content (AvgIpc) is 2.62. The van der Waals surface area contributed by atoms with E-state index in [9.17, 15) is 4.79 Å². The standard InChI is InChI=1S/C16H16BrN3O4/c1-22-11-5-3-10(4-6-11)14(21)9-24-20-15(18)13-8-7-12(17)16(19-13)23-2/h3-8H,9H2,1-2H3,(H2,18,20). The number of nitrogens with two attached hydrogens (primary N) is 1. The Bertz CT molecular complexity index is 747. The molecule has 0 amide bonds. The van der Waals surface area contributed by atoms with Crippen LogP contribution in [0.2, 0.25) is 0 Å². The van der Waals surface area contributed by atoms with E-state index in [1.165, 1.54) is 7.11 Å². The van der Waals surface area contributed by atoms with Crippen molar-refractivity contribution in [2.24, 2.45) is 10.9 Å². The number of aromatic nitrogens is 1. The first-order chi connectivity index (χ1) is 11.5. The summed E-state index contributed by atoms with van der Waals surface area (Å²) in [5.41, 5.74) is 6.67. The molecule has 24 heavy (non-hydrogen) atoms. The van der Waals surface area contributed by atoms with Crippen LogP contribution in [-0.4, -0.2) is 37.4 Å². The molecular weight excluding hydrogens is 378 g/mol. The van der Waals surface area contributed by atoms with E-state index >= 15 is 0 Å². The molecule has 2 aromatic rings. The lowest BCUT2D eigenvalue weighted by molar-refractivity contribution is 0.0775. The SMILES string of the molecule is COc1ccc(C(=O)CO/N=C(\N)c2ccc(Br)c(OC)n2)cc1. The normalized spacial score (nSPS) is 11.0. The van der Waals surface area contributed by atoms with Gasteiger partial charge in [0.05, 0.1) is 18.7 Å². The van der Waals surface area contributed by atoms with E-state index in [0.29, 0.717) is 27.4 Å². The molecule has 7 nitrogen and oxygen atoms in total. The van der Waals surface area contributed by atoms with Crippen LogP contribution in [-0.2, 0) is 4.84 Å². The number of rotatable bonds is 7. The number of hydrogen-bond acceptors (Lipinski definition) is 6. The number of methoxy groups -OCH3 is 2. The zero-order chi connectivity index (χ0) is 17.5. The van der Waals surface area contributed by atoms with E-state index in [-0.39, 0.29) is 18.2 Å². The van der Waals surface area contributed by atoms with Crippen LogP contribution in [0, 0.1) is 0 Å². The lowest BCUT2D eigenvalue weighted by Gasteiger charge is -2.05. The number of pyridine rings is 1. The maximum Gasteiger partial charge on any atom is 0.228 e. The van der Waals surface area contributed by atoms with Crippen LogP contribution in [0.5, 0.6) is 11.6 Å². The molecule has 1 heterocycles. The second-order valence-corrected chi connectivity index (χ2v) is 5.44. The number of oxime groups is 1. The van der Waals surface area contributed by atoms with Gasteiger partial charge in [-0.15, -0.1) is 0 Å². The summed E-state index contributed by atoms with van der Waals surface area (Å²) < 4.78 is 10.8. The van der Waals surface area contributed by atoms with E-state index in [4.69, 9.17) is 20.0 Å². The first-order valence-electron chi connectivity index (χ1n) is 6.88. The minimum Gasteiger partial charge on any atom is -0.497 e. The highest BCUT2D eigenvalue weighted by atomic mass is 79.9. The Morgan fingerprint density at radius 1 is 1.17 bits per heavy atom. The highest BCUT2D eigenvalue weighted by molar-refractivity contribution is 9.10. The van der Waals surface area contributed by atoms with Gasteiger partial charge in [-0.25, -0.2) is 4.98 Å². The number of amidine groups is 1. The summed E-state index contributed by atoms with van der Waals surface area (Å²) in [6, 6.07) is 10.1. The van der Waals surface area contributed by atoms with Gasteiger partial charge in [0, 0.05) is 5.56 Å². The van der Waals surface area contributed by atoms with Gasteiger partial charge in [0.15, 0.2) is 12.4 Å². The molecule has 0 unspecified atom stereocenters. The fourth-order valence-corrected chi connectivity index (χ4v) is 2.16. The summed E-state index contributed by atoms with van der Waals surface area (Å²) >= 11 is 3.29. The number of halogens is 1. The van der Waals surface area contributed by atoms with Crippen molar-refractivity contribution in [3.63, 3.8) is 0 Å². The largest absolute Gasteiger partial charge is 0.497 e. The van der Waals surface area contributed by atoms with Gasteiger partial charge in [-0.05, 0) is 52.3 Å². The van der Waals surface area contributed by atoms with Gasteiger partial charge < -0.3 is 20.0 Å². The minimum atomic E-state index is -0.235. The van der Waals surface area contributed by atoms with Crippen molar-refractivity contribution in [2.75, 3.05) is 20.8 Å². The molecule has 0 bridgehead atoms. The summed E-state index contributed by atoms with van der Waals surface area (Å²) in [7, 11) is 3.05. The van der Waals surface area contributed by atoms with Gasteiger partial charge in [0.25, 0.3) is 0 Å². The first kappa shape index (κ1) is 17.7. The van der Waals surface area contributed by atoms with Crippen LogP contribution in [0.15, 0.2) is 46.0 Å². The monoisotopic (exact) mass is 393 g/mol. The van der Waals surface area contributed by atoms with Crippen LogP contribution < -0.4 is 15.2 Å². The maximum absolute atomic E-state index is 12.0. The highest BCUT2D eigenvalue weighted by Gasteiger charge is 2.09. The quantitative estimate of drug-likeness (QED) is 0.335. The molecule has 1 aromatic heterocycles. The van der Waals surface area contributed by atoms with E-state index in [1.54, 1.807) is 43.5 Å². The van der Waals surface area contributed by atoms with Crippen LogP contribution in [0.3, 0.4) is 0 Å². The molecule has 0 aliphatic carbocycles. The highest BCUT2D eigenvalue weighted by Crippen LogP contribution is 2.21. The zero-order valence-electron chi connectivity index (χ0n) is 13.2. The van der Waals surface area contributed by atoms with Gasteiger partial charge in [-0.2, -0.15) is 0 Å². The van der Waals surface area contributed by atoms with Gasteiger partial charge in [-0.3, -0.25) is 4.79 Å². The van der Waals surface area contributed by atoms with Gasteiger partial charge >= 0.3 is 0 Å². The second kappa shape index (κ2) is 8.30. The third kappa shape index (κ3) is 4.45. The summed E-state index contributed by atoms with van der Waals surface area (Å²) in [4.78, 5) is 21.2. The fourth-order valence-electron chi connectivity index (χ4n) is 1.78. The number of ether oxygens (including phenoxy) is 2. The predicted molar refractivity (Wildman–Crippen MR) is 92.5 cm³/mol. The molecule has 0 saturated heterocycles. The smallest absolute Gasteiger partial charge is 0.228 e. The number of Topliss-reactive ketones (excluding diaryl/α,β-unsaturated/α-hetero) is 1. The van der Waals surface area contributed by atoms with Crippen molar-refractivity contribution in [3.8, 4) is 11.6 Å². The molecule has 0 aliphatic rings. The topological polar surface area (TPSA) is 96.0 Å². The summed E-state index contributed by atoms with van der Waals surface area (Å²) in [5, 5.41) is 3.71. The lowest BCUT2D eigenvalue weighted by atomic mass is 10.1. The molecule has 2 N–H and O–H groups in total. The Hall–Kier alpha value is -2.61. The van der Waals surface area contributed by atoms with Crippen LogP contribution in [0.1, 0.15) is 16.1 Å². The Morgan fingerprint density at radius 3 is 2.50 bits per heavy atom. The number of hydrogen-bond donors (Lipinski definition) is 1. The molecule has 8 heteroatoms. The molecule has 2 rings (SSSR count). The van der Waals surface area contributed by atoms with Crippen molar-refractivity contribution >= 4 is 27.5 Å². The molecular formula is C16H16BrN3O4. The van der Waals surface area contributed by atoms with E-state index in [0.717, 1.165) is 0 Å². The van der Waals surface area contributed by atoms with Crippen molar-refractivity contribution < 1.29 is 19.1 Å². The zero-order valence-corrected chi connectivity index (χ0v) is 14.7. The molecule has 0 spiro atoms. The van der Waals surface area contributed by atoms with E-state index in [2.05, 4.69) is 26.1 Å². The summed E-state index contributed by atoms with van der Waals surface area (Å²) in [6.45, 7) is -0.235. The molecule has 0 aliphatic heterocycles. The first-order valence-corrected chi connectivity index (χ1v) is 7.68. The van der Waals surface area contributed by atoms with E-state index in [1.807, 2.05) is 0 Å². The third-order valence-electron chi connectivity index (χ3n) is 3.04. The molecule has 1 aromatic carbocycles. The number of ketones is 1. The Kier molecular flexibility index (Phi) is 6.14. The Balaban J connectivity index is 1.98. The Morgan fingerprint density at radius 2 is 1.88 bits per heavy atom. The molecule has 0 fully saturated rings. The Labute approximate surface area is 147 Å². The molecule has 0 saturated carbocycles. The van der Waals surface area contributed by atoms with Crippen molar-refractivity contribution in [1.29, 1.82) is 0 Å². The van der Waals surface area contributed by atoms with Gasteiger partial charge in [0.2, 0.25) is 11.7 Å². The van der Waals surface area contributed by atoms with Crippen LogP contribution in [0.4, 0.5) is 0 Å². The van der Waals surface area contributed by atoms with Crippen molar-refractivity contribution in [2.45, 2.75) is 0 Å². The van der Waals surface area contributed by atoms with Gasteiger partial charge in [0.1, 0.15) is 11.4 Å². The molecule has 126 valence electrons. The number of carbonyl (C=O) groups excluding carboxylic acids is 1. The third-order valence-corrected chi connectivity index (χ3v) is 3.64. The molecule has 0 atom stereocenters. The van der Waals surface area contributed by atoms with Gasteiger partial charge in [-0.1, -0.05) is 5.16 Å². The molecule has 0 radical (unpaired) electrons. The second-order valence-electron chi connectivity index (χ2n) is 4.59. The van der Waals surface area contributed by atoms with Crippen molar-refractivity contribution in [1.82, 2.24) is 4.98 Å². The maximum atomic E-state index is 12.0. The number of carbonyl (C=O) groups is 1. The number of nitrogens with zero attached hydrogens (tertiary/aromatic N) is 2.